The Labute approximate surface area is 101 Å². The van der Waals surface area contributed by atoms with Crippen molar-refractivity contribution in [3.63, 3.8) is 0 Å². The van der Waals surface area contributed by atoms with Gasteiger partial charge in [0.15, 0.2) is 0 Å². The fourth-order valence-electron chi connectivity index (χ4n) is 1.31. The van der Waals surface area contributed by atoms with Gasteiger partial charge in [-0.25, -0.2) is 4.79 Å². The van der Waals surface area contributed by atoms with E-state index in [1.54, 1.807) is 0 Å². The second-order valence-electron chi connectivity index (χ2n) is 3.32. The lowest BCUT2D eigenvalue weighted by molar-refractivity contribution is 0.0328. The number of carboxylic acids is 1. The van der Waals surface area contributed by atoms with E-state index in [9.17, 15) is 15.0 Å². The van der Waals surface area contributed by atoms with Crippen LogP contribution in [0.5, 0.6) is 0 Å². The van der Waals surface area contributed by atoms with Crippen molar-refractivity contribution in [1.29, 1.82) is 0 Å². The molecule has 1 aromatic carbocycles. The number of rotatable bonds is 4. The van der Waals surface area contributed by atoms with Gasteiger partial charge in [0.1, 0.15) is 6.10 Å². The quantitative estimate of drug-likeness (QED) is 0.484. The first-order valence-corrected chi connectivity index (χ1v) is 5.64. The van der Waals surface area contributed by atoms with E-state index < -0.39 is 18.2 Å². The Morgan fingerprint density at radius 2 is 2.06 bits per heavy atom. The van der Waals surface area contributed by atoms with E-state index in [2.05, 4.69) is 15.9 Å². The molecule has 0 aliphatic heterocycles. The predicted octanol–water partition coefficient (Wildman–Crippen LogP) is 0.756. The molecular formula is C10H12BrNO4. The lowest BCUT2D eigenvalue weighted by Crippen LogP contribution is -2.21. The monoisotopic (exact) mass is 289 g/mol. The number of aromatic carboxylic acids is 1. The number of hydrogen-bond donors (Lipinski definition) is 4. The average molecular weight is 290 g/mol. The van der Waals surface area contributed by atoms with Gasteiger partial charge in [-0.2, -0.15) is 0 Å². The average Bonchev–Trinajstić information content (AvgIpc) is 2.26. The first kappa shape index (κ1) is 13.0. The van der Waals surface area contributed by atoms with E-state index in [0.29, 0.717) is 5.69 Å². The van der Waals surface area contributed by atoms with Crippen molar-refractivity contribution in [2.24, 2.45) is 0 Å². The Morgan fingerprint density at radius 3 is 2.56 bits per heavy atom. The number of nitrogen functional groups attached to an aromatic ring is 1. The van der Waals surface area contributed by atoms with Gasteiger partial charge in [0.2, 0.25) is 0 Å². The lowest BCUT2D eigenvalue weighted by atomic mass is 9.98. The molecule has 16 heavy (non-hydrogen) atoms. The maximum Gasteiger partial charge on any atom is 0.336 e. The minimum absolute atomic E-state index is 0.104. The van der Waals surface area contributed by atoms with Gasteiger partial charge in [0.05, 0.1) is 11.7 Å². The SMILES string of the molecule is Nc1ccc(C(O)C(O)CBr)c(C(=O)O)c1. The third kappa shape index (κ3) is 2.72. The molecule has 0 saturated heterocycles. The predicted molar refractivity (Wildman–Crippen MR) is 62.6 cm³/mol. The van der Waals surface area contributed by atoms with Gasteiger partial charge >= 0.3 is 5.97 Å². The molecule has 0 heterocycles. The maximum atomic E-state index is 10.9. The molecule has 0 amide bonds. The first-order chi connectivity index (χ1) is 7.47. The third-order valence-corrected chi connectivity index (χ3v) is 2.81. The molecule has 5 N–H and O–H groups in total. The summed E-state index contributed by atoms with van der Waals surface area (Å²) >= 11 is 3.01. The number of aliphatic hydroxyl groups excluding tert-OH is 2. The number of carbonyl (C=O) groups is 1. The van der Waals surface area contributed by atoms with Gasteiger partial charge < -0.3 is 21.1 Å². The molecule has 0 aliphatic rings. The fraction of sp³-hybridized carbons (Fsp3) is 0.300. The van der Waals surface area contributed by atoms with Crippen molar-refractivity contribution in [3.05, 3.63) is 29.3 Å². The zero-order chi connectivity index (χ0) is 12.3. The van der Waals surface area contributed by atoms with E-state index in [0.717, 1.165) is 0 Å². The van der Waals surface area contributed by atoms with Gasteiger partial charge in [0.25, 0.3) is 0 Å². The summed E-state index contributed by atoms with van der Waals surface area (Å²) in [4.78, 5) is 10.9. The lowest BCUT2D eigenvalue weighted by Gasteiger charge is -2.18. The molecule has 6 heteroatoms. The van der Waals surface area contributed by atoms with Gasteiger partial charge in [0, 0.05) is 11.0 Å². The number of alkyl halides is 1. The molecular weight excluding hydrogens is 278 g/mol. The number of anilines is 1. The molecule has 0 radical (unpaired) electrons. The summed E-state index contributed by atoms with van der Waals surface area (Å²) in [5.41, 5.74) is 5.79. The van der Waals surface area contributed by atoms with Gasteiger partial charge in [-0.15, -0.1) is 0 Å². The molecule has 0 fully saturated rings. The van der Waals surface area contributed by atoms with Gasteiger partial charge in [-0.05, 0) is 17.7 Å². The van der Waals surface area contributed by atoms with Crippen molar-refractivity contribution in [1.82, 2.24) is 0 Å². The highest BCUT2D eigenvalue weighted by Gasteiger charge is 2.22. The zero-order valence-corrected chi connectivity index (χ0v) is 9.89. The smallest absolute Gasteiger partial charge is 0.336 e. The zero-order valence-electron chi connectivity index (χ0n) is 8.30. The Balaban J connectivity index is 3.17. The summed E-state index contributed by atoms with van der Waals surface area (Å²) < 4.78 is 0. The molecule has 5 nitrogen and oxygen atoms in total. The van der Waals surface area contributed by atoms with Gasteiger partial charge in [-0.3, -0.25) is 0 Å². The molecule has 2 unspecified atom stereocenters. The molecule has 0 aliphatic carbocycles. The first-order valence-electron chi connectivity index (χ1n) is 4.52. The largest absolute Gasteiger partial charge is 0.478 e. The molecule has 0 bridgehead atoms. The summed E-state index contributed by atoms with van der Waals surface area (Å²) in [5.74, 6) is -1.19. The van der Waals surface area contributed by atoms with Crippen molar-refractivity contribution in [2.45, 2.75) is 12.2 Å². The van der Waals surface area contributed by atoms with Crippen molar-refractivity contribution >= 4 is 27.6 Å². The number of carboxylic acid groups (broad SMARTS) is 1. The summed E-state index contributed by atoms with van der Waals surface area (Å²) in [6.07, 6.45) is -2.33. The molecule has 0 aromatic heterocycles. The normalized spacial score (nSPS) is 14.4. The summed E-state index contributed by atoms with van der Waals surface area (Å²) in [5, 5.41) is 28.2. The topological polar surface area (TPSA) is 104 Å². The molecule has 2 atom stereocenters. The molecule has 0 spiro atoms. The van der Waals surface area contributed by atoms with Crippen LogP contribution in [-0.2, 0) is 0 Å². The Kier molecular flexibility index (Phi) is 4.28. The number of benzene rings is 1. The molecule has 88 valence electrons. The standard InChI is InChI=1S/C10H12BrNO4/c11-4-8(13)9(14)6-2-1-5(12)3-7(6)10(15)16/h1-3,8-9,13-14H,4,12H2,(H,15,16). The van der Waals surface area contributed by atoms with Crippen molar-refractivity contribution < 1.29 is 20.1 Å². The highest BCUT2D eigenvalue weighted by atomic mass is 79.9. The van der Waals surface area contributed by atoms with Crippen LogP contribution in [0.2, 0.25) is 0 Å². The highest BCUT2D eigenvalue weighted by molar-refractivity contribution is 9.09. The van der Waals surface area contributed by atoms with Crippen LogP contribution >= 0.6 is 15.9 Å². The van der Waals surface area contributed by atoms with Crippen LogP contribution in [0.1, 0.15) is 22.0 Å². The minimum Gasteiger partial charge on any atom is -0.478 e. The molecule has 0 saturated carbocycles. The van der Waals surface area contributed by atoms with E-state index in [-0.39, 0.29) is 16.5 Å². The van der Waals surface area contributed by atoms with Crippen LogP contribution in [0.4, 0.5) is 5.69 Å². The Morgan fingerprint density at radius 1 is 1.44 bits per heavy atom. The second kappa shape index (κ2) is 5.29. The van der Waals surface area contributed by atoms with Crippen molar-refractivity contribution in [2.75, 3.05) is 11.1 Å². The van der Waals surface area contributed by atoms with Crippen LogP contribution in [0.3, 0.4) is 0 Å². The van der Waals surface area contributed by atoms with Crippen LogP contribution in [0.15, 0.2) is 18.2 Å². The van der Waals surface area contributed by atoms with E-state index in [1.807, 2.05) is 0 Å². The van der Waals surface area contributed by atoms with E-state index in [4.69, 9.17) is 10.8 Å². The van der Waals surface area contributed by atoms with Crippen molar-refractivity contribution in [3.8, 4) is 0 Å². The van der Waals surface area contributed by atoms with E-state index in [1.165, 1.54) is 18.2 Å². The van der Waals surface area contributed by atoms with Crippen LogP contribution in [0.25, 0.3) is 0 Å². The van der Waals surface area contributed by atoms with Crippen LogP contribution in [-0.4, -0.2) is 32.7 Å². The number of hydrogen-bond acceptors (Lipinski definition) is 4. The summed E-state index contributed by atoms with van der Waals surface area (Å²) in [7, 11) is 0. The highest BCUT2D eigenvalue weighted by Crippen LogP contribution is 2.24. The number of aliphatic hydroxyl groups is 2. The molecule has 1 rings (SSSR count). The Hall–Kier alpha value is -1.11. The number of nitrogens with two attached hydrogens (primary N) is 1. The Bertz CT molecular complexity index is 396. The van der Waals surface area contributed by atoms with Crippen LogP contribution in [0, 0.1) is 0 Å². The summed E-state index contributed by atoms with van der Waals surface area (Å²) in [6, 6.07) is 4.13. The number of halogens is 1. The minimum atomic E-state index is -1.26. The van der Waals surface area contributed by atoms with Gasteiger partial charge in [-0.1, -0.05) is 22.0 Å². The van der Waals surface area contributed by atoms with Crippen LogP contribution < -0.4 is 5.73 Å². The summed E-state index contributed by atoms with van der Waals surface area (Å²) in [6.45, 7) is 0. The maximum absolute atomic E-state index is 10.9. The second-order valence-corrected chi connectivity index (χ2v) is 3.97. The molecule has 1 aromatic rings. The third-order valence-electron chi connectivity index (χ3n) is 2.15. The van der Waals surface area contributed by atoms with E-state index >= 15 is 0 Å². The fourth-order valence-corrected chi connectivity index (χ4v) is 1.66.